The lowest BCUT2D eigenvalue weighted by Gasteiger charge is -2.06. The van der Waals surface area contributed by atoms with E-state index in [-0.39, 0.29) is 0 Å². The Balaban J connectivity index is 2.63. The van der Waals surface area contributed by atoms with Crippen LogP contribution in [-0.2, 0) is 11.3 Å². The van der Waals surface area contributed by atoms with Gasteiger partial charge in [0.1, 0.15) is 10.9 Å². The van der Waals surface area contributed by atoms with Crippen LogP contribution in [0.2, 0.25) is 5.15 Å². The minimum absolute atomic E-state index is 0.559. The van der Waals surface area contributed by atoms with Gasteiger partial charge in [-0.1, -0.05) is 24.9 Å². The normalized spacial score (nSPS) is 11.4. The van der Waals surface area contributed by atoms with Crippen LogP contribution in [-0.4, -0.2) is 22.8 Å². The Morgan fingerprint density at radius 1 is 1.48 bits per heavy atom. The van der Waals surface area contributed by atoms with Crippen molar-refractivity contribution < 1.29 is 14.6 Å². The highest BCUT2D eigenvalue weighted by Crippen LogP contribution is 2.34. The van der Waals surface area contributed by atoms with E-state index >= 15 is 0 Å². The Morgan fingerprint density at radius 3 is 2.86 bits per heavy atom. The van der Waals surface area contributed by atoms with Gasteiger partial charge in [-0.3, -0.25) is 0 Å². The summed E-state index contributed by atoms with van der Waals surface area (Å²) in [4.78, 5) is 10.8. The lowest BCUT2D eigenvalue weighted by atomic mass is 10.1. The van der Waals surface area contributed by atoms with Gasteiger partial charge in [0.05, 0.1) is 12.6 Å². The van der Waals surface area contributed by atoms with E-state index in [0.717, 1.165) is 42.1 Å². The van der Waals surface area contributed by atoms with E-state index < -0.39 is 5.97 Å². The summed E-state index contributed by atoms with van der Waals surface area (Å²) < 4.78 is 7.26. The molecule has 21 heavy (non-hydrogen) atoms. The molecule has 0 aliphatic heterocycles. The number of methoxy groups -OCH3 is 1. The number of halogens is 1. The molecule has 1 aromatic heterocycles. The van der Waals surface area contributed by atoms with Gasteiger partial charge in [-0.2, -0.15) is 0 Å². The minimum atomic E-state index is -0.997. The number of nitrogens with zero attached hydrogens (tertiary/aromatic N) is 1. The molecule has 0 aliphatic rings. The molecule has 0 amide bonds. The number of aliphatic carboxylic acids is 1. The molecule has 1 aromatic carbocycles. The summed E-state index contributed by atoms with van der Waals surface area (Å²) in [6, 6.07) is 5.71. The molecule has 0 saturated heterocycles. The molecule has 112 valence electrons. The molecule has 0 unspecified atom stereocenters. The lowest BCUT2D eigenvalue weighted by Crippen LogP contribution is -1.97. The largest absolute Gasteiger partial charge is 0.497 e. The molecule has 2 aromatic rings. The fourth-order valence-electron chi connectivity index (χ4n) is 2.30. The second-order valence-corrected chi connectivity index (χ2v) is 5.12. The van der Waals surface area contributed by atoms with Crippen molar-refractivity contribution in [2.75, 3.05) is 7.11 Å². The molecular weight excluding hydrogens is 290 g/mol. The van der Waals surface area contributed by atoms with Gasteiger partial charge in [-0.25, -0.2) is 4.79 Å². The summed E-state index contributed by atoms with van der Waals surface area (Å²) in [5, 5.41) is 10.3. The van der Waals surface area contributed by atoms with Gasteiger partial charge < -0.3 is 14.4 Å². The molecule has 2 rings (SSSR count). The first-order valence-corrected chi connectivity index (χ1v) is 7.23. The van der Waals surface area contributed by atoms with Crippen LogP contribution in [0.4, 0.5) is 0 Å². The number of unbranched alkanes of at least 4 members (excludes halogenated alkanes) is 1. The number of ether oxygens (including phenoxy) is 1. The molecule has 0 radical (unpaired) electrons. The third-order valence-corrected chi connectivity index (χ3v) is 3.78. The molecule has 0 bridgehead atoms. The van der Waals surface area contributed by atoms with Crippen LogP contribution in [0.1, 0.15) is 25.3 Å². The van der Waals surface area contributed by atoms with Crippen LogP contribution >= 0.6 is 11.6 Å². The van der Waals surface area contributed by atoms with Crippen molar-refractivity contribution in [3.05, 3.63) is 35.0 Å². The average molecular weight is 308 g/mol. The Labute approximate surface area is 128 Å². The Morgan fingerprint density at radius 2 is 2.24 bits per heavy atom. The van der Waals surface area contributed by atoms with Crippen LogP contribution < -0.4 is 4.74 Å². The molecule has 4 nitrogen and oxygen atoms in total. The van der Waals surface area contributed by atoms with Gasteiger partial charge in [0.15, 0.2) is 0 Å². The zero-order valence-corrected chi connectivity index (χ0v) is 12.9. The van der Waals surface area contributed by atoms with Crippen LogP contribution in [0.5, 0.6) is 5.75 Å². The smallest absolute Gasteiger partial charge is 0.328 e. The minimum Gasteiger partial charge on any atom is -0.497 e. The number of fused-ring (bicyclic) bond motifs is 1. The van der Waals surface area contributed by atoms with Gasteiger partial charge in [0.2, 0.25) is 0 Å². The quantitative estimate of drug-likeness (QED) is 0.814. The molecule has 0 aliphatic carbocycles. The monoisotopic (exact) mass is 307 g/mol. The molecule has 1 N–H and O–H groups in total. The molecule has 0 saturated carbocycles. The third kappa shape index (κ3) is 3.22. The van der Waals surface area contributed by atoms with E-state index in [2.05, 4.69) is 6.92 Å². The van der Waals surface area contributed by atoms with Crippen LogP contribution in [0.15, 0.2) is 24.3 Å². The van der Waals surface area contributed by atoms with Crippen LogP contribution in [0, 0.1) is 0 Å². The first-order chi connectivity index (χ1) is 10.1. The number of aryl methyl sites for hydroxylation is 1. The molecule has 0 fully saturated rings. The van der Waals surface area contributed by atoms with Gasteiger partial charge in [0.25, 0.3) is 0 Å². The molecular formula is C16H18ClNO3. The number of rotatable bonds is 6. The Kier molecular flexibility index (Phi) is 4.91. The summed E-state index contributed by atoms with van der Waals surface area (Å²) in [7, 11) is 1.60. The predicted molar refractivity (Wildman–Crippen MR) is 85.1 cm³/mol. The van der Waals surface area contributed by atoms with Crippen molar-refractivity contribution in [2.45, 2.75) is 26.3 Å². The van der Waals surface area contributed by atoms with Gasteiger partial charge in [0, 0.05) is 23.6 Å². The van der Waals surface area contributed by atoms with Crippen molar-refractivity contribution in [3.63, 3.8) is 0 Å². The number of benzene rings is 1. The average Bonchev–Trinajstić information content (AvgIpc) is 2.73. The zero-order valence-electron chi connectivity index (χ0n) is 12.1. The van der Waals surface area contributed by atoms with Crippen molar-refractivity contribution >= 4 is 34.5 Å². The van der Waals surface area contributed by atoms with E-state index in [4.69, 9.17) is 21.4 Å². The second kappa shape index (κ2) is 6.68. The van der Waals surface area contributed by atoms with Crippen molar-refractivity contribution in [2.24, 2.45) is 0 Å². The lowest BCUT2D eigenvalue weighted by molar-refractivity contribution is -0.131. The van der Waals surface area contributed by atoms with E-state index in [1.165, 1.54) is 6.08 Å². The van der Waals surface area contributed by atoms with Crippen molar-refractivity contribution in [1.29, 1.82) is 0 Å². The first-order valence-electron chi connectivity index (χ1n) is 6.85. The van der Waals surface area contributed by atoms with Crippen molar-refractivity contribution in [3.8, 4) is 5.75 Å². The number of hydrogen-bond acceptors (Lipinski definition) is 2. The number of carboxylic acids is 1. The fourth-order valence-corrected chi connectivity index (χ4v) is 2.64. The first kappa shape index (κ1) is 15.4. The third-order valence-electron chi connectivity index (χ3n) is 3.37. The van der Waals surface area contributed by atoms with Crippen LogP contribution in [0.3, 0.4) is 0 Å². The van der Waals surface area contributed by atoms with E-state index in [1.807, 2.05) is 22.8 Å². The maximum Gasteiger partial charge on any atom is 0.328 e. The van der Waals surface area contributed by atoms with Gasteiger partial charge in [-0.05, 0) is 30.7 Å². The summed E-state index contributed by atoms with van der Waals surface area (Å²) in [6.07, 6.45) is 4.71. The predicted octanol–water partition coefficient (Wildman–Crippen LogP) is 4.20. The summed E-state index contributed by atoms with van der Waals surface area (Å²) in [5.41, 5.74) is 1.70. The highest BCUT2D eigenvalue weighted by molar-refractivity contribution is 6.33. The standard InChI is InChI=1S/C16H18ClNO3/c1-3-4-9-18-14-7-5-11(21-2)10-13(14)12(16(18)17)6-8-15(19)20/h5-8,10H,3-4,9H2,1-2H3,(H,19,20)/b8-6+. The topological polar surface area (TPSA) is 51.5 Å². The zero-order chi connectivity index (χ0) is 15.4. The summed E-state index contributed by atoms with van der Waals surface area (Å²) in [5.74, 6) is -0.278. The Hall–Kier alpha value is -1.94. The number of carbonyl (C=O) groups is 1. The SMILES string of the molecule is CCCCn1c(Cl)c(/C=C/C(=O)O)c2cc(OC)ccc21. The molecule has 5 heteroatoms. The number of hydrogen-bond donors (Lipinski definition) is 1. The fraction of sp³-hybridized carbons (Fsp3) is 0.312. The van der Waals surface area contributed by atoms with E-state index in [1.54, 1.807) is 7.11 Å². The summed E-state index contributed by atoms with van der Waals surface area (Å²) >= 11 is 6.44. The number of carboxylic acid groups (broad SMARTS) is 1. The Bertz CT molecular complexity index is 688. The number of aromatic nitrogens is 1. The second-order valence-electron chi connectivity index (χ2n) is 4.76. The molecule has 0 atom stereocenters. The van der Waals surface area contributed by atoms with Gasteiger partial charge in [-0.15, -0.1) is 0 Å². The van der Waals surface area contributed by atoms with Gasteiger partial charge >= 0.3 is 5.97 Å². The van der Waals surface area contributed by atoms with E-state index in [9.17, 15) is 4.79 Å². The maximum atomic E-state index is 10.8. The molecule has 0 spiro atoms. The maximum absolute atomic E-state index is 10.8. The van der Waals surface area contributed by atoms with E-state index in [0.29, 0.717) is 10.7 Å². The highest BCUT2D eigenvalue weighted by atomic mass is 35.5. The summed E-state index contributed by atoms with van der Waals surface area (Å²) in [6.45, 7) is 2.92. The van der Waals surface area contributed by atoms with Crippen LogP contribution in [0.25, 0.3) is 17.0 Å². The van der Waals surface area contributed by atoms with Crippen molar-refractivity contribution in [1.82, 2.24) is 4.57 Å². The highest BCUT2D eigenvalue weighted by Gasteiger charge is 2.14. The molecule has 1 heterocycles.